The Labute approximate surface area is 76.7 Å². The standard InChI is InChI=1S/C7H3F4OS/c8-5-3-4(13)1-2-6(5)12-7(9,10)11/h1-3H. The lowest BCUT2D eigenvalue weighted by atomic mass is 10.3. The molecule has 1 rings (SSSR count). The number of ether oxygens (including phenoxy) is 1. The van der Waals surface area contributed by atoms with Gasteiger partial charge in [-0.3, -0.25) is 0 Å². The molecule has 0 saturated heterocycles. The summed E-state index contributed by atoms with van der Waals surface area (Å²) in [6.45, 7) is 0. The third kappa shape index (κ3) is 3.06. The maximum absolute atomic E-state index is 12.7. The minimum atomic E-state index is -4.89. The van der Waals surface area contributed by atoms with Crippen molar-refractivity contribution in [1.82, 2.24) is 0 Å². The van der Waals surface area contributed by atoms with Crippen LogP contribution in [0.3, 0.4) is 0 Å². The Balaban J connectivity index is 2.90. The van der Waals surface area contributed by atoms with E-state index in [1.54, 1.807) is 0 Å². The molecule has 0 aliphatic rings. The zero-order valence-corrected chi connectivity index (χ0v) is 6.88. The Morgan fingerprint density at radius 3 is 2.31 bits per heavy atom. The predicted octanol–water partition coefficient (Wildman–Crippen LogP) is 3.28. The first-order valence-corrected chi connectivity index (χ1v) is 3.51. The Bertz CT molecular complexity index is 310. The molecule has 0 N–H and O–H groups in total. The van der Waals surface area contributed by atoms with Crippen LogP contribution in [-0.4, -0.2) is 6.36 Å². The van der Waals surface area contributed by atoms with Crippen LogP contribution < -0.4 is 4.74 Å². The normalized spacial score (nSPS) is 11.4. The van der Waals surface area contributed by atoms with Crippen molar-refractivity contribution < 1.29 is 22.3 Å². The molecule has 1 aromatic carbocycles. The molecule has 71 valence electrons. The molecule has 0 bridgehead atoms. The minimum absolute atomic E-state index is 0.118. The monoisotopic (exact) mass is 211 g/mol. The van der Waals surface area contributed by atoms with E-state index in [2.05, 4.69) is 17.4 Å². The molecule has 0 spiro atoms. The summed E-state index contributed by atoms with van der Waals surface area (Å²) in [6.07, 6.45) is -4.89. The smallest absolute Gasteiger partial charge is 0.403 e. The van der Waals surface area contributed by atoms with Crippen LogP contribution in [0.2, 0.25) is 0 Å². The molecule has 0 aromatic heterocycles. The van der Waals surface area contributed by atoms with Gasteiger partial charge in [0, 0.05) is 4.90 Å². The Kier molecular flexibility index (Phi) is 2.60. The quantitative estimate of drug-likeness (QED) is 0.647. The fourth-order valence-corrected chi connectivity index (χ4v) is 0.861. The Hall–Kier alpha value is -1.04. The van der Waals surface area contributed by atoms with Crippen LogP contribution in [0.15, 0.2) is 23.1 Å². The molecule has 6 heteroatoms. The van der Waals surface area contributed by atoms with E-state index in [0.29, 0.717) is 0 Å². The van der Waals surface area contributed by atoms with Gasteiger partial charge in [-0.05, 0) is 18.2 Å². The van der Waals surface area contributed by atoms with E-state index in [-0.39, 0.29) is 4.90 Å². The fourth-order valence-electron chi connectivity index (χ4n) is 0.689. The Morgan fingerprint density at radius 2 is 1.85 bits per heavy atom. The van der Waals surface area contributed by atoms with Crippen molar-refractivity contribution in [2.45, 2.75) is 11.3 Å². The zero-order valence-electron chi connectivity index (χ0n) is 6.06. The molecule has 0 fully saturated rings. The van der Waals surface area contributed by atoms with Crippen LogP contribution in [0.1, 0.15) is 0 Å². The molecule has 0 saturated carbocycles. The van der Waals surface area contributed by atoms with Crippen molar-refractivity contribution in [3.05, 3.63) is 24.0 Å². The number of alkyl halides is 3. The molecule has 13 heavy (non-hydrogen) atoms. The summed E-state index contributed by atoms with van der Waals surface area (Å²) in [6, 6.07) is 2.78. The first-order chi connectivity index (χ1) is 5.88. The lowest BCUT2D eigenvalue weighted by Gasteiger charge is -2.09. The summed E-state index contributed by atoms with van der Waals surface area (Å²) >= 11 is 4.52. The maximum Gasteiger partial charge on any atom is 0.573 e. The highest BCUT2D eigenvalue weighted by Gasteiger charge is 2.32. The zero-order chi connectivity index (χ0) is 10.1. The molecule has 0 atom stereocenters. The predicted molar refractivity (Wildman–Crippen MR) is 38.9 cm³/mol. The molecule has 0 aliphatic heterocycles. The van der Waals surface area contributed by atoms with Crippen LogP contribution >= 0.6 is 12.6 Å². The van der Waals surface area contributed by atoms with Crippen molar-refractivity contribution in [3.63, 3.8) is 0 Å². The third-order valence-electron chi connectivity index (χ3n) is 1.13. The average Bonchev–Trinajstić information content (AvgIpc) is 1.93. The molecular weight excluding hydrogens is 208 g/mol. The molecule has 1 radical (unpaired) electrons. The van der Waals surface area contributed by atoms with Gasteiger partial charge in [0.1, 0.15) is 0 Å². The van der Waals surface area contributed by atoms with Gasteiger partial charge in [0.25, 0.3) is 0 Å². The first kappa shape index (κ1) is 10.0. The van der Waals surface area contributed by atoms with Crippen molar-refractivity contribution in [2.24, 2.45) is 0 Å². The number of rotatable bonds is 1. The van der Waals surface area contributed by atoms with Crippen LogP contribution in [0.5, 0.6) is 5.75 Å². The molecule has 0 heterocycles. The molecule has 0 amide bonds. The van der Waals surface area contributed by atoms with E-state index < -0.39 is 17.9 Å². The van der Waals surface area contributed by atoms with Gasteiger partial charge in [-0.15, -0.1) is 13.2 Å². The lowest BCUT2D eigenvalue weighted by Crippen LogP contribution is -2.17. The molecule has 0 aliphatic carbocycles. The van der Waals surface area contributed by atoms with Crippen LogP contribution in [0.25, 0.3) is 0 Å². The van der Waals surface area contributed by atoms with Gasteiger partial charge >= 0.3 is 6.36 Å². The number of hydrogen-bond donors (Lipinski definition) is 0. The van der Waals surface area contributed by atoms with Gasteiger partial charge in [-0.25, -0.2) is 4.39 Å². The topological polar surface area (TPSA) is 9.23 Å². The highest BCUT2D eigenvalue weighted by Crippen LogP contribution is 2.26. The summed E-state index contributed by atoms with van der Waals surface area (Å²) in [5.41, 5.74) is 0. The van der Waals surface area contributed by atoms with Crippen molar-refractivity contribution >= 4 is 12.6 Å². The highest BCUT2D eigenvalue weighted by molar-refractivity contribution is 7.80. The first-order valence-electron chi connectivity index (χ1n) is 3.11. The van der Waals surface area contributed by atoms with Gasteiger partial charge < -0.3 is 4.74 Å². The minimum Gasteiger partial charge on any atom is -0.403 e. The number of benzene rings is 1. The second-order valence-corrected chi connectivity index (χ2v) is 2.61. The summed E-state index contributed by atoms with van der Waals surface area (Å²) in [5, 5.41) is 0. The highest BCUT2D eigenvalue weighted by atomic mass is 32.1. The second kappa shape index (κ2) is 3.37. The second-order valence-electron chi connectivity index (χ2n) is 2.14. The molecular formula is C7H3F4OS. The van der Waals surface area contributed by atoms with Gasteiger partial charge in [0.15, 0.2) is 11.6 Å². The largest absolute Gasteiger partial charge is 0.573 e. The van der Waals surface area contributed by atoms with E-state index in [9.17, 15) is 17.6 Å². The summed E-state index contributed by atoms with van der Waals surface area (Å²) in [5.74, 6) is -1.99. The lowest BCUT2D eigenvalue weighted by molar-refractivity contribution is -0.275. The molecule has 1 nitrogen and oxygen atoms in total. The van der Waals surface area contributed by atoms with Crippen LogP contribution in [-0.2, 0) is 0 Å². The summed E-state index contributed by atoms with van der Waals surface area (Å²) < 4.78 is 50.9. The van der Waals surface area contributed by atoms with Crippen LogP contribution in [0, 0.1) is 5.82 Å². The van der Waals surface area contributed by atoms with Crippen LogP contribution in [0.4, 0.5) is 17.6 Å². The van der Waals surface area contributed by atoms with E-state index in [4.69, 9.17) is 0 Å². The summed E-state index contributed by atoms with van der Waals surface area (Å²) in [7, 11) is 0. The van der Waals surface area contributed by atoms with Crippen molar-refractivity contribution in [2.75, 3.05) is 0 Å². The van der Waals surface area contributed by atoms with E-state index >= 15 is 0 Å². The van der Waals surface area contributed by atoms with Gasteiger partial charge in [0.2, 0.25) is 0 Å². The van der Waals surface area contributed by atoms with E-state index in [1.165, 1.54) is 0 Å². The van der Waals surface area contributed by atoms with E-state index in [0.717, 1.165) is 18.2 Å². The van der Waals surface area contributed by atoms with E-state index in [1.807, 2.05) is 0 Å². The fraction of sp³-hybridized carbons (Fsp3) is 0.143. The average molecular weight is 211 g/mol. The van der Waals surface area contributed by atoms with Gasteiger partial charge in [-0.2, -0.15) is 0 Å². The summed E-state index contributed by atoms with van der Waals surface area (Å²) in [4.78, 5) is 0.118. The maximum atomic E-state index is 12.7. The van der Waals surface area contributed by atoms with Gasteiger partial charge in [-0.1, -0.05) is 12.6 Å². The van der Waals surface area contributed by atoms with Crippen molar-refractivity contribution in [3.8, 4) is 5.75 Å². The number of hydrogen-bond acceptors (Lipinski definition) is 1. The third-order valence-corrected chi connectivity index (χ3v) is 1.38. The Morgan fingerprint density at radius 1 is 1.23 bits per heavy atom. The number of halogens is 4. The van der Waals surface area contributed by atoms with Crippen molar-refractivity contribution in [1.29, 1.82) is 0 Å². The van der Waals surface area contributed by atoms with Gasteiger partial charge in [0.05, 0.1) is 0 Å². The molecule has 0 unspecified atom stereocenters. The molecule has 1 aromatic rings. The SMILES string of the molecule is Fc1cc([S])ccc1OC(F)(F)F.